The summed E-state index contributed by atoms with van der Waals surface area (Å²) < 4.78 is 6.12. The summed E-state index contributed by atoms with van der Waals surface area (Å²) in [6.45, 7) is 2.88. The van der Waals surface area contributed by atoms with E-state index in [9.17, 15) is 4.79 Å². The third kappa shape index (κ3) is 5.34. The molecule has 3 nitrogen and oxygen atoms in total. The fourth-order valence-corrected chi connectivity index (χ4v) is 1.66. The summed E-state index contributed by atoms with van der Waals surface area (Å²) in [5.41, 5.74) is 0. The Hall–Kier alpha value is -0.780. The minimum atomic E-state index is -0.0671. The minimum Gasteiger partial charge on any atom is -0.451 e. The van der Waals surface area contributed by atoms with Crippen molar-refractivity contribution in [1.82, 2.24) is 5.32 Å². The van der Waals surface area contributed by atoms with Gasteiger partial charge >= 0.3 is 0 Å². The maximum absolute atomic E-state index is 11.3. The molecule has 0 aliphatic rings. The molecule has 0 fully saturated rings. The van der Waals surface area contributed by atoms with E-state index in [2.05, 4.69) is 34.8 Å². The van der Waals surface area contributed by atoms with Crippen LogP contribution in [0.5, 0.6) is 0 Å². The van der Waals surface area contributed by atoms with E-state index in [1.807, 2.05) is 12.1 Å². The van der Waals surface area contributed by atoms with Crippen molar-refractivity contribution >= 4 is 34.6 Å². The van der Waals surface area contributed by atoms with E-state index in [0.29, 0.717) is 5.76 Å². The molecule has 1 amide bonds. The van der Waals surface area contributed by atoms with E-state index in [-0.39, 0.29) is 5.91 Å². The molecule has 0 saturated heterocycles. The molecule has 4 heteroatoms. The molecule has 0 atom stereocenters. The van der Waals surface area contributed by atoms with Crippen molar-refractivity contribution < 1.29 is 9.21 Å². The third-order valence-corrected chi connectivity index (χ3v) is 2.65. The standard InChI is InChI=1S/C12H16INO2/c1-2-3-4-9-14-12(15)8-6-10-5-7-11(13)16-10/h5-8H,2-4,9H2,1H3,(H,14,15)/b8-6+. The van der Waals surface area contributed by atoms with Crippen LogP contribution in [0.25, 0.3) is 6.08 Å². The lowest BCUT2D eigenvalue weighted by atomic mass is 10.2. The van der Waals surface area contributed by atoms with Crippen LogP contribution < -0.4 is 5.32 Å². The van der Waals surface area contributed by atoms with Crippen LogP contribution >= 0.6 is 22.6 Å². The fraction of sp³-hybridized carbons (Fsp3) is 0.417. The number of carbonyl (C=O) groups is 1. The SMILES string of the molecule is CCCCCNC(=O)/C=C/c1ccc(I)o1. The topological polar surface area (TPSA) is 42.2 Å². The Kier molecular flexibility index (Phi) is 6.22. The van der Waals surface area contributed by atoms with Gasteiger partial charge in [0.2, 0.25) is 5.91 Å². The number of rotatable bonds is 6. The molecule has 0 spiro atoms. The molecule has 1 aromatic heterocycles. The highest BCUT2D eigenvalue weighted by Gasteiger charge is 1.97. The lowest BCUT2D eigenvalue weighted by Crippen LogP contribution is -2.21. The molecule has 16 heavy (non-hydrogen) atoms. The van der Waals surface area contributed by atoms with Gasteiger partial charge in [-0.3, -0.25) is 4.79 Å². The number of halogens is 1. The number of unbranched alkanes of at least 4 members (excludes halogenated alkanes) is 2. The first-order valence-electron chi connectivity index (χ1n) is 5.43. The third-order valence-electron chi connectivity index (χ3n) is 2.07. The molecule has 0 aliphatic carbocycles. The molecule has 0 aromatic carbocycles. The molecule has 1 N–H and O–H groups in total. The van der Waals surface area contributed by atoms with E-state index < -0.39 is 0 Å². The summed E-state index contributed by atoms with van der Waals surface area (Å²) >= 11 is 2.09. The van der Waals surface area contributed by atoms with E-state index in [4.69, 9.17) is 4.42 Å². The molecule has 1 heterocycles. The van der Waals surface area contributed by atoms with Gasteiger partial charge < -0.3 is 9.73 Å². The van der Waals surface area contributed by atoms with Gasteiger partial charge in [0.05, 0.1) is 0 Å². The molecule has 0 radical (unpaired) electrons. The van der Waals surface area contributed by atoms with Crippen molar-refractivity contribution in [3.05, 3.63) is 27.7 Å². The largest absolute Gasteiger partial charge is 0.451 e. The first kappa shape index (κ1) is 13.3. The second kappa shape index (κ2) is 7.49. The molecule has 1 rings (SSSR count). The molecule has 0 unspecified atom stereocenters. The Morgan fingerprint density at radius 1 is 1.50 bits per heavy atom. The van der Waals surface area contributed by atoms with Gasteiger partial charge in [-0.1, -0.05) is 19.8 Å². The summed E-state index contributed by atoms with van der Waals surface area (Å²) in [6, 6.07) is 3.70. The zero-order valence-electron chi connectivity index (χ0n) is 9.33. The van der Waals surface area contributed by atoms with Crippen LogP contribution in [0, 0.1) is 3.77 Å². The van der Waals surface area contributed by atoms with Gasteiger partial charge in [0.25, 0.3) is 0 Å². The molecular weight excluding hydrogens is 317 g/mol. The van der Waals surface area contributed by atoms with Crippen LogP contribution in [0.4, 0.5) is 0 Å². The van der Waals surface area contributed by atoms with Crippen molar-refractivity contribution in [3.8, 4) is 0 Å². The smallest absolute Gasteiger partial charge is 0.244 e. The molecule has 0 aliphatic heterocycles. The Labute approximate surface area is 109 Å². The highest BCUT2D eigenvalue weighted by Crippen LogP contribution is 2.11. The average Bonchev–Trinajstić information content (AvgIpc) is 2.68. The Morgan fingerprint density at radius 2 is 2.31 bits per heavy atom. The van der Waals surface area contributed by atoms with Crippen molar-refractivity contribution in [2.24, 2.45) is 0 Å². The quantitative estimate of drug-likeness (QED) is 0.493. The predicted octanol–water partition coefficient (Wildman–Crippen LogP) is 3.20. The second-order valence-corrected chi connectivity index (χ2v) is 4.54. The zero-order valence-corrected chi connectivity index (χ0v) is 11.5. The monoisotopic (exact) mass is 333 g/mol. The number of nitrogens with one attached hydrogen (secondary N) is 1. The van der Waals surface area contributed by atoms with Gasteiger partial charge in [0, 0.05) is 12.6 Å². The van der Waals surface area contributed by atoms with Gasteiger partial charge in [-0.2, -0.15) is 0 Å². The lowest BCUT2D eigenvalue weighted by Gasteiger charge is -1.99. The van der Waals surface area contributed by atoms with Crippen molar-refractivity contribution in [1.29, 1.82) is 0 Å². The first-order valence-corrected chi connectivity index (χ1v) is 6.51. The second-order valence-electron chi connectivity index (χ2n) is 3.47. The summed E-state index contributed by atoms with van der Waals surface area (Å²) in [4.78, 5) is 11.3. The van der Waals surface area contributed by atoms with Gasteiger partial charge in [-0.05, 0) is 47.2 Å². The number of carbonyl (C=O) groups excluding carboxylic acids is 1. The first-order chi connectivity index (χ1) is 7.72. The summed E-state index contributed by atoms with van der Waals surface area (Å²) in [6.07, 6.45) is 6.53. The molecular formula is C12H16INO2. The Morgan fingerprint density at radius 3 is 2.94 bits per heavy atom. The number of furan rings is 1. The van der Waals surface area contributed by atoms with Crippen molar-refractivity contribution in [2.75, 3.05) is 6.54 Å². The highest BCUT2D eigenvalue weighted by atomic mass is 127. The van der Waals surface area contributed by atoms with Crippen LogP contribution in [0.1, 0.15) is 31.9 Å². The predicted molar refractivity (Wildman–Crippen MR) is 73.0 cm³/mol. The highest BCUT2D eigenvalue weighted by molar-refractivity contribution is 14.1. The van der Waals surface area contributed by atoms with E-state index in [1.54, 1.807) is 6.08 Å². The molecule has 0 saturated carbocycles. The van der Waals surface area contributed by atoms with Gasteiger partial charge in [-0.25, -0.2) is 0 Å². The summed E-state index contributed by atoms with van der Waals surface area (Å²) in [7, 11) is 0. The number of hydrogen-bond acceptors (Lipinski definition) is 2. The Bertz CT molecular complexity index is 358. The number of amides is 1. The number of hydrogen-bond donors (Lipinski definition) is 1. The normalized spacial score (nSPS) is 10.9. The van der Waals surface area contributed by atoms with Gasteiger partial charge in [-0.15, -0.1) is 0 Å². The van der Waals surface area contributed by atoms with Crippen LogP contribution in [-0.4, -0.2) is 12.5 Å². The van der Waals surface area contributed by atoms with Crippen LogP contribution in [0.15, 0.2) is 22.6 Å². The van der Waals surface area contributed by atoms with Crippen LogP contribution in [-0.2, 0) is 4.79 Å². The van der Waals surface area contributed by atoms with E-state index >= 15 is 0 Å². The maximum atomic E-state index is 11.3. The Balaban J connectivity index is 2.26. The summed E-state index contributed by atoms with van der Waals surface area (Å²) in [5.74, 6) is 0.635. The van der Waals surface area contributed by atoms with Gasteiger partial charge in [0.1, 0.15) is 5.76 Å². The molecule has 1 aromatic rings. The molecule has 0 bridgehead atoms. The van der Waals surface area contributed by atoms with E-state index in [1.165, 1.54) is 6.08 Å². The summed E-state index contributed by atoms with van der Waals surface area (Å²) in [5, 5.41) is 2.83. The van der Waals surface area contributed by atoms with Crippen LogP contribution in [0.2, 0.25) is 0 Å². The minimum absolute atomic E-state index is 0.0671. The average molecular weight is 333 g/mol. The van der Waals surface area contributed by atoms with Crippen molar-refractivity contribution in [3.63, 3.8) is 0 Å². The fourth-order valence-electron chi connectivity index (χ4n) is 1.22. The van der Waals surface area contributed by atoms with Crippen molar-refractivity contribution in [2.45, 2.75) is 26.2 Å². The van der Waals surface area contributed by atoms with Crippen LogP contribution in [0.3, 0.4) is 0 Å². The zero-order chi connectivity index (χ0) is 11.8. The molecule has 88 valence electrons. The lowest BCUT2D eigenvalue weighted by molar-refractivity contribution is -0.116. The van der Waals surface area contributed by atoms with E-state index in [0.717, 1.165) is 29.6 Å². The maximum Gasteiger partial charge on any atom is 0.244 e. The van der Waals surface area contributed by atoms with Gasteiger partial charge in [0.15, 0.2) is 3.77 Å².